The van der Waals surface area contributed by atoms with E-state index in [1.807, 2.05) is 0 Å². The molecule has 1 rings (SSSR count). The second-order valence-corrected chi connectivity index (χ2v) is 3.97. The van der Waals surface area contributed by atoms with Crippen molar-refractivity contribution in [2.24, 2.45) is 5.73 Å². The highest BCUT2D eigenvalue weighted by Crippen LogP contribution is 2.36. The third kappa shape index (κ3) is 2.42. The van der Waals surface area contributed by atoms with Crippen molar-refractivity contribution in [1.29, 1.82) is 0 Å². The van der Waals surface area contributed by atoms with Crippen LogP contribution in [0.5, 0.6) is 0 Å². The minimum Gasteiger partial charge on any atom is -0.349 e. The zero-order chi connectivity index (χ0) is 12.6. The first-order chi connectivity index (χ1) is 7.08. The summed E-state index contributed by atoms with van der Waals surface area (Å²) in [6, 6.07) is 0. The smallest absolute Gasteiger partial charge is 0.349 e. The van der Waals surface area contributed by atoms with E-state index in [4.69, 9.17) is 5.73 Å². The minimum absolute atomic E-state index is 0.364. The summed E-state index contributed by atoms with van der Waals surface area (Å²) in [6.45, 7) is -0.364. The average Bonchev–Trinajstić information content (AvgIpc) is 2.09. The fraction of sp³-hybridized carbons (Fsp3) is 0.875. The van der Waals surface area contributed by atoms with E-state index in [9.17, 15) is 26.7 Å². The van der Waals surface area contributed by atoms with Gasteiger partial charge < -0.3 is 11.1 Å². The number of hydrogen-bond donors (Lipinski definition) is 2. The molecule has 0 aromatic carbocycles. The number of carbonyl (C=O) groups excluding carboxylic acids is 1. The molecule has 16 heavy (non-hydrogen) atoms. The molecule has 0 spiro atoms. The molecule has 0 radical (unpaired) electrons. The Labute approximate surface area is 88.2 Å². The summed E-state index contributed by atoms with van der Waals surface area (Å²) in [5.41, 5.74) is 4.73. The number of halogens is 5. The molecule has 1 amide bonds. The van der Waals surface area contributed by atoms with Gasteiger partial charge in [0.25, 0.3) is 5.91 Å². The number of carbonyl (C=O) groups is 1. The van der Waals surface area contributed by atoms with Crippen molar-refractivity contribution in [2.75, 3.05) is 6.54 Å². The molecule has 1 fully saturated rings. The third-order valence-corrected chi connectivity index (χ3v) is 2.59. The molecule has 0 aromatic rings. The molecule has 0 unspecified atom stereocenters. The van der Waals surface area contributed by atoms with Gasteiger partial charge in [-0.1, -0.05) is 0 Å². The summed E-state index contributed by atoms with van der Waals surface area (Å²) in [4.78, 5) is 10.7. The highest BCUT2D eigenvalue weighted by Gasteiger charge is 2.63. The van der Waals surface area contributed by atoms with Crippen molar-refractivity contribution >= 4 is 5.91 Å². The van der Waals surface area contributed by atoms with E-state index >= 15 is 0 Å². The monoisotopic (exact) mass is 246 g/mol. The lowest BCUT2D eigenvalue weighted by Crippen LogP contribution is -2.59. The van der Waals surface area contributed by atoms with Crippen LogP contribution < -0.4 is 11.1 Å². The van der Waals surface area contributed by atoms with Crippen LogP contribution in [0.1, 0.15) is 19.3 Å². The molecule has 1 aliphatic rings. The maximum absolute atomic E-state index is 12.4. The molecule has 1 saturated carbocycles. The van der Waals surface area contributed by atoms with E-state index in [0.717, 1.165) is 6.42 Å². The van der Waals surface area contributed by atoms with Crippen molar-refractivity contribution in [3.05, 3.63) is 0 Å². The van der Waals surface area contributed by atoms with E-state index in [0.29, 0.717) is 12.8 Å². The Morgan fingerprint density at radius 2 is 1.75 bits per heavy atom. The molecule has 94 valence electrons. The average molecular weight is 246 g/mol. The fourth-order valence-electron chi connectivity index (χ4n) is 1.30. The molecule has 0 heterocycles. The topological polar surface area (TPSA) is 55.1 Å². The Bertz CT molecular complexity index is 285. The summed E-state index contributed by atoms with van der Waals surface area (Å²) >= 11 is 0. The van der Waals surface area contributed by atoms with Crippen LogP contribution in [-0.4, -0.2) is 30.1 Å². The lowest BCUT2D eigenvalue weighted by molar-refractivity contribution is -0.269. The summed E-state index contributed by atoms with van der Waals surface area (Å²) < 4.78 is 60.2. The standard InChI is InChI=1S/C8H11F5N2O/c9-7(10,8(11,12)13)5(16)15-4-6(14)2-1-3-6/h1-4,14H2,(H,15,16). The predicted octanol–water partition coefficient (Wildman–Crippen LogP) is 1.18. The van der Waals surface area contributed by atoms with Crippen LogP contribution in [0.15, 0.2) is 0 Å². The van der Waals surface area contributed by atoms with Crippen LogP contribution in [0.3, 0.4) is 0 Å². The molecule has 1 aliphatic carbocycles. The molecule has 3 N–H and O–H groups in total. The van der Waals surface area contributed by atoms with Crippen molar-refractivity contribution in [3.8, 4) is 0 Å². The first kappa shape index (κ1) is 13.1. The number of nitrogens with one attached hydrogen (secondary N) is 1. The van der Waals surface area contributed by atoms with E-state index < -0.39 is 23.5 Å². The number of rotatable bonds is 3. The molecule has 0 saturated heterocycles. The second kappa shape index (κ2) is 3.83. The third-order valence-electron chi connectivity index (χ3n) is 2.59. The molecule has 0 aromatic heterocycles. The predicted molar refractivity (Wildman–Crippen MR) is 44.8 cm³/mol. The van der Waals surface area contributed by atoms with Gasteiger partial charge in [-0.05, 0) is 19.3 Å². The first-order valence-corrected chi connectivity index (χ1v) is 4.60. The molecule has 3 nitrogen and oxygen atoms in total. The quantitative estimate of drug-likeness (QED) is 0.735. The molecular weight excluding hydrogens is 235 g/mol. The van der Waals surface area contributed by atoms with Gasteiger partial charge in [0.05, 0.1) is 0 Å². The van der Waals surface area contributed by atoms with E-state index in [1.165, 1.54) is 5.32 Å². The van der Waals surface area contributed by atoms with Crippen molar-refractivity contribution in [2.45, 2.75) is 36.9 Å². The van der Waals surface area contributed by atoms with Crippen LogP contribution in [0.2, 0.25) is 0 Å². The lowest BCUT2D eigenvalue weighted by atomic mass is 9.78. The fourth-order valence-corrected chi connectivity index (χ4v) is 1.30. The second-order valence-electron chi connectivity index (χ2n) is 3.97. The zero-order valence-electron chi connectivity index (χ0n) is 8.20. The minimum atomic E-state index is -5.88. The number of hydrogen-bond acceptors (Lipinski definition) is 2. The Morgan fingerprint density at radius 3 is 2.06 bits per heavy atom. The Balaban J connectivity index is 2.52. The van der Waals surface area contributed by atoms with E-state index in [-0.39, 0.29) is 6.54 Å². The van der Waals surface area contributed by atoms with Gasteiger partial charge in [0.2, 0.25) is 0 Å². The maximum atomic E-state index is 12.4. The summed E-state index contributed by atoms with van der Waals surface area (Å²) in [5, 5.41) is 1.54. The SMILES string of the molecule is NC1(CNC(=O)C(F)(F)C(F)(F)F)CCC1. The summed E-state index contributed by atoms with van der Waals surface area (Å²) in [5.74, 6) is -7.72. The van der Waals surface area contributed by atoms with Crippen LogP contribution in [0.25, 0.3) is 0 Å². The van der Waals surface area contributed by atoms with Crippen LogP contribution in [0.4, 0.5) is 22.0 Å². The molecular formula is C8H11F5N2O. The van der Waals surface area contributed by atoms with Gasteiger partial charge >= 0.3 is 12.1 Å². The Kier molecular flexibility index (Phi) is 3.15. The molecule has 0 bridgehead atoms. The van der Waals surface area contributed by atoms with E-state index in [1.54, 1.807) is 0 Å². The molecule has 8 heteroatoms. The largest absolute Gasteiger partial charge is 0.463 e. The highest BCUT2D eigenvalue weighted by molar-refractivity contribution is 5.84. The molecule has 0 aliphatic heterocycles. The van der Waals surface area contributed by atoms with Crippen LogP contribution in [-0.2, 0) is 4.79 Å². The number of amides is 1. The zero-order valence-corrected chi connectivity index (χ0v) is 8.20. The number of nitrogens with two attached hydrogens (primary N) is 1. The Hall–Kier alpha value is -0.920. The first-order valence-electron chi connectivity index (χ1n) is 4.60. The summed E-state index contributed by atoms with van der Waals surface area (Å²) in [6.07, 6.45) is -4.09. The summed E-state index contributed by atoms with van der Waals surface area (Å²) in [7, 11) is 0. The van der Waals surface area contributed by atoms with Gasteiger partial charge in [-0.3, -0.25) is 4.79 Å². The molecule has 0 atom stereocenters. The Morgan fingerprint density at radius 1 is 1.25 bits per heavy atom. The van der Waals surface area contributed by atoms with Gasteiger partial charge in [-0.15, -0.1) is 0 Å². The van der Waals surface area contributed by atoms with Gasteiger partial charge in [-0.2, -0.15) is 22.0 Å². The van der Waals surface area contributed by atoms with Gasteiger partial charge in [0.1, 0.15) is 0 Å². The van der Waals surface area contributed by atoms with Gasteiger partial charge in [-0.25, -0.2) is 0 Å². The van der Waals surface area contributed by atoms with Crippen molar-refractivity contribution < 1.29 is 26.7 Å². The van der Waals surface area contributed by atoms with Crippen molar-refractivity contribution in [3.63, 3.8) is 0 Å². The lowest BCUT2D eigenvalue weighted by Gasteiger charge is -2.38. The van der Waals surface area contributed by atoms with Gasteiger partial charge in [0.15, 0.2) is 0 Å². The normalized spacial score (nSPS) is 20.1. The van der Waals surface area contributed by atoms with Crippen molar-refractivity contribution in [1.82, 2.24) is 5.32 Å². The van der Waals surface area contributed by atoms with Crippen LogP contribution >= 0.6 is 0 Å². The van der Waals surface area contributed by atoms with Gasteiger partial charge in [0, 0.05) is 12.1 Å². The maximum Gasteiger partial charge on any atom is 0.463 e. The highest BCUT2D eigenvalue weighted by atomic mass is 19.4. The van der Waals surface area contributed by atoms with E-state index in [2.05, 4.69) is 0 Å². The number of alkyl halides is 5. The van der Waals surface area contributed by atoms with Crippen LogP contribution in [0, 0.1) is 0 Å².